The molecule has 0 aliphatic heterocycles. The first-order valence-corrected chi connectivity index (χ1v) is 7.58. The highest BCUT2D eigenvalue weighted by atomic mass is 35.5. The maximum Gasteiger partial charge on any atom is 0.337 e. The molecule has 2 rings (SSSR count). The average Bonchev–Trinajstić information content (AvgIpc) is 2.46. The van der Waals surface area contributed by atoms with E-state index in [2.05, 4.69) is 4.98 Å². The number of pyridine rings is 1. The molecule has 0 amide bonds. The fraction of sp³-hybridized carbons (Fsp3) is 0.0769. The largest absolute Gasteiger partial charge is 0.478 e. The number of carboxylic acid groups (broad SMARTS) is 1. The summed E-state index contributed by atoms with van der Waals surface area (Å²) in [7, 11) is -2.51. The van der Waals surface area contributed by atoms with E-state index < -0.39 is 16.0 Å². The first-order chi connectivity index (χ1) is 9.84. The van der Waals surface area contributed by atoms with Crippen molar-refractivity contribution >= 4 is 33.4 Å². The van der Waals surface area contributed by atoms with Gasteiger partial charge in [0.05, 0.1) is 15.5 Å². The van der Waals surface area contributed by atoms with Crippen LogP contribution in [0.3, 0.4) is 0 Å². The van der Waals surface area contributed by atoms with Crippen molar-refractivity contribution in [2.24, 2.45) is 0 Å². The Balaban J connectivity index is 2.45. The molecule has 110 valence electrons. The number of aromatic carboxylic acids is 1. The van der Waals surface area contributed by atoms with Crippen molar-refractivity contribution in [3.8, 4) is 0 Å². The van der Waals surface area contributed by atoms with Crippen LogP contribution in [0.2, 0.25) is 5.02 Å². The number of sulfonamides is 1. The first-order valence-electron chi connectivity index (χ1n) is 5.77. The molecule has 6 nitrogen and oxygen atoms in total. The van der Waals surface area contributed by atoms with E-state index in [-0.39, 0.29) is 21.3 Å². The number of aromatic nitrogens is 1. The lowest BCUT2D eigenvalue weighted by atomic mass is 10.2. The van der Waals surface area contributed by atoms with Gasteiger partial charge in [-0.3, -0.25) is 4.31 Å². The van der Waals surface area contributed by atoms with Gasteiger partial charge in [0.2, 0.25) is 0 Å². The molecule has 0 fully saturated rings. The van der Waals surface area contributed by atoms with Gasteiger partial charge in [0.1, 0.15) is 5.82 Å². The van der Waals surface area contributed by atoms with Crippen LogP contribution in [-0.4, -0.2) is 31.5 Å². The highest BCUT2D eigenvalue weighted by molar-refractivity contribution is 7.92. The fourth-order valence-electron chi connectivity index (χ4n) is 1.65. The minimum atomic E-state index is -3.86. The molecule has 0 aliphatic rings. The Morgan fingerprint density at radius 3 is 2.52 bits per heavy atom. The Morgan fingerprint density at radius 1 is 1.29 bits per heavy atom. The van der Waals surface area contributed by atoms with Crippen molar-refractivity contribution in [1.29, 1.82) is 0 Å². The van der Waals surface area contributed by atoms with E-state index in [0.29, 0.717) is 0 Å². The summed E-state index contributed by atoms with van der Waals surface area (Å²) in [5.41, 5.74) is -0.156. The maximum absolute atomic E-state index is 12.4. The van der Waals surface area contributed by atoms with Crippen LogP contribution in [-0.2, 0) is 10.0 Å². The van der Waals surface area contributed by atoms with E-state index in [4.69, 9.17) is 16.7 Å². The summed E-state index contributed by atoms with van der Waals surface area (Å²) in [4.78, 5) is 14.7. The standard InChI is InChI=1S/C13H11ClN2O4S/c1-16(12-4-2-3-7-15-12)21(19,20)9-5-6-10(13(17)18)11(14)8-9/h2-8H,1H3,(H,17,18). The Bertz CT molecular complexity index is 778. The maximum atomic E-state index is 12.4. The van der Waals surface area contributed by atoms with Crippen molar-refractivity contribution in [2.75, 3.05) is 11.4 Å². The Kier molecular flexibility index (Phi) is 4.15. The van der Waals surface area contributed by atoms with E-state index in [1.807, 2.05) is 0 Å². The molecule has 1 N–H and O–H groups in total. The first kappa shape index (κ1) is 15.3. The molecule has 21 heavy (non-hydrogen) atoms. The van der Waals surface area contributed by atoms with E-state index in [0.717, 1.165) is 16.4 Å². The van der Waals surface area contributed by atoms with Crippen LogP contribution in [0.4, 0.5) is 5.82 Å². The molecule has 2 aromatic rings. The highest BCUT2D eigenvalue weighted by Crippen LogP contribution is 2.24. The number of carbonyl (C=O) groups is 1. The van der Waals surface area contributed by atoms with Crippen LogP contribution in [0, 0.1) is 0 Å². The normalized spacial score (nSPS) is 11.1. The summed E-state index contributed by atoms with van der Waals surface area (Å²) < 4.78 is 25.9. The quantitative estimate of drug-likeness (QED) is 0.931. The highest BCUT2D eigenvalue weighted by Gasteiger charge is 2.23. The number of nitrogens with zero attached hydrogens (tertiary/aromatic N) is 2. The monoisotopic (exact) mass is 326 g/mol. The Labute approximate surface area is 126 Å². The molecule has 0 saturated carbocycles. The second-order valence-electron chi connectivity index (χ2n) is 4.11. The molecule has 0 aliphatic carbocycles. The molecule has 0 unspecified atom stereocenters. The third-order valence-corrected chi connectivity index (χ3v) is 4.87. The van der Waals surface area contributed by atoms with Crippen LogP contribution in [0.25, 0.3) is 0 Å². The lowest BCUT2D eigenvalue weighted by Crippen LogP contribution is -2.27. The zero-order valence-corrected chi connectivity index (χ0v) is 12.5. The van der Waals surface area contributed by atoms with E-state index in [9.17, 15) is 13.2 Å². The second kappa shape index (κ2) is 5.71. The van der Waals surface area contributed by atoms with Crippen LogP contribution < -0.4 is 4.31 Å². The van der Waals surface area contributed by atoms with Gasteiger partial charge in [-0.2, -0.15) is 0 Å². The molecule has 0 spiro atoms. The predicted octanol–water partition coefficient (Wildman–Crippen LogP) is 2.26. The molecule has 1 aromatic carbocycles. The van der Waals surface area contributed by atoms with Crippen LogP contribution in [0.5, 0.6) is 0 Å². The third kappa shape index (κ3) is 2.98. The van der Waals surface area contributed by atoms with E-state index in [1.54, 1.807) is 18.2 Å². The minimum Gasteiger partial charge on any atom is -0.478 e. The summed E-state index contributed by atoms with van der Waals surface area (Å²) in [5, 5.41) is 8.75. The third-order valence-electron chi connectivity index (χ3n) is 2.80. The van der Waals surface area contributed by atoms with Gasteiger partial charge in [0.15, 0.2) is 0 Å². The second-order valence-corrected chi connectivity index (χ2v) is 6.48. The van der Waals surface area contributed by atoms with E-state index >= 15 is 0 Å². The average molecular weight is 327 g/mol. The van der Waals surface area contributed by atoms with Gasteiger partial charge in [-0.1, -0.05) is 17.7 Å². The molecule has 0 bridgehead atoms. The van der Waals surface area contributed by atoms with Crippen molar-refractivity contribution < 1.29 is 18.3 Å². The van der Waals surface area contributed by atoms with Gasteiger partial charge >= 0.3 is 5.97 Å². The van der Waals surface area contributed by atoms with Gasteiger partial charge in [-0.15, -0.1) is 0 Å². The molecular weight excluding hydrogens is 316 g/mol. The molecule has 8 heteroatoms. The smallest absolute Gasteiger partial charge is 0.337 e. The number of rotatable bonds is 4. The van der Waals surface area contributed by atoms with Crippen LogP contribution in [0.1, 0.15) is 10.4 Å². The fourth-order valence-corrected chi connectivity index (χ4v) is 3.15. The number of hydrogen-bond donors (Lipinski definition) is 1. The molecule has 0 atom stereocenters. The minimum absolute atomic E-state index is 0.106. The molecule has 1 heterocycles. The van der Waals surface area contributed by atoms with Crippen molar-refractivity contribution in [2.45, 2.75) is 4.90 Å². The van der Waals surface area contributed by atoms with Crippen LogP contribution >= 0.6 is 11.6 Å². The Morgan fingerprint density at radius 2 is 2.00 bits per heavy atom. The molecule has 1 aromatic heterocycles. The van der Waals surface area contributed by atoms with E-state index in [1.165, 1.54) is 19.3 Å². The lowest BCUT2D eigenvalue weighted by Gasteiger charge is -2.18. The number of carboxylic acids is 1. The van der Waals surface area contributed by atoms with Crippen LogP contribution in [0.15, 0.2) is 47.5 Å². The summed E-state index contributed by atoms with van der Waals surface area (Å²) in [6.45, 7) is 0. The zero-order valence-electron chi connectivity index (χ0n) is 10.9. The summed E-state index contributed by atoms with van der Waals surface area (Å²) in [6, 6.07) is 8.34. The number of hydrogen-bond acceptors (Lipinski definition) is 4. The lowest BCUT2D eigenvalue weighted by molar-refractivity contribution is 0.0697. The SMILES string of the molecule is CN(c1ccccn1)S(=O)(=O)c1ccc(C(=O)O)c(Cl)c1. The molecule has 0 radical (unpaired) electrons. The van der Waals surface area contributed by atoms with Gasteiger partial charge < -0.3 is 5.11 Å². The van der Waals surface area contributed by atoms with Crippen molar-refractivity contribution in [3.05, 3.63) is 53.2 Å². The van der Waals surface area contributed by atoms with Gasteiger partial charge in [0, 0.05) is 13.2 Å². The summed E-state index contributed by atoms with van der Waals surface area (Å²) in [6.07, 6.45) is 1.47. The molecular formula is C13H11ClN2O4S. The summed E-state index contributed by atoms with van der Waals surface area (Å²) in [5.74, 6) is -0.974. The number of halogens is 1. The number of anilines is 1. The van der Waals surface area contributed by atoms with Crippen molar-refractivity contribution in [1.82, 2.24) is 4.98 Å². The zero-order chi connectivity index (χ0) is 15.6. The van der Waals surface area contributed by atoms with Crippen molar-refractivity contribution in [3.63, 3.8) is 0 Å². The summed E-state index contributed by atoms with van der Waals surface area (Å²) >= 11 is 5.80. The topological polar surface area (TPSA) is 87.6 Å². The van der Waals surface area contributed by atoms with Gasteiger partial charge in [0.25, 0.3) is 10.0 Å². The van der Waals surface area contributed by atoms with Gasteiger partial charge in [-0.25, -0.2) is 18.2 Å². The van der Waals surface area contributed by atoms with Gasteiger partial charge in [-0.05, 0) is 30.3 Å². The predicted molar refractivity (Wildman–Crippen MR) is 78.2 cm³/mol. The number of benzene rings is 1. The molecule has 0 saturated heterocycles. The Hall–Kier alpha value is -2.12.